The SMILES string of the molecule is CCC12CCC(=O)C(C(F)(F)F)=C1c1cc(F)c3[nH]ncc3c1C2. The van der Waals surface area contributed by atoms with Gasteiger partial charge in [0.15, 0.2) is 5.78 Å². The number of carbonyl (C=O) groups is 1. The summed E-state index contributed by atoms with van der Waals surface area (Å²) in [5.41, 5.74) is -0.836. The summed E-state index contributed by atoms with van der Waals surface area (Å²) in [6.07, 6.45) is -2.24. The summed E-state index contributed by atoms with van der Waals surface area (Å²) < 4.78 is 55.1. The predicted octanol–water partition coefficient (Wildman–Crippen LogP) is 4.33. The molecule has 1 heterocycles. The predicted molar refractivity (Wildman–Crippen MR) is 79.7 cm³/mol. The second-order valence-electron chi connectivity index (χ2n) is 6.52. The van der Waals surface area contributed by atoms with Gasteiger partial charge in [-0.25, -0.2) is 4.39 Å². The van der Waals surface area contributed by atoms with Crippen molar-refractivity contribution in [3.05, 3.63) is 34.8 Å². The van der Waals surface area contributed by atoms with Crippen LogP contribution in [0.1, 0.15) is 37.3 Å². The van der Waals surface area contributed by atoms with Crippen molar-refractivity contribution in [1.82, 2.24) is 10.2 Å². The van der Waals surface area contributed by atoms with Gasteiger partial charge in [-0.1, -0.05) is 6.92 Å². The van der Waals surface area contributed by atoms with Crippen molar-refractivity contribution in [1.29, 1.82) is 0 Å². The molecule has 1 aromatic heterocycles. The number of benzene rings is 1. The second kappa shape index (κ2) is 4.68. The third-order valence-electron chi connectivity index (χ3n) is 5.43. The molecule has 0 amide bonds. The highest BCUT2D eigenvalue weighted by Gasteiger charge is 2.53. The van der Waals surface area contributed by atoms with Crippen molar-refractivity contribution in [3.63, 3.8) is 0 Å². The van der Waals surface area contributed by atoms with Gasteiger partial charge in [0.25, 0.3) is 0 Å². The zero-order valence-corrected chi connectivity index (χ0v) is 12.9. The monoisotopic (exact) mass is 338 g/mol. The number of alkyl halides is 3. The van der Waals surface area contributed by atoms with Crippen LogP contribution in [0.2, 0.25) is 0 Å². The first-order valence-electron chi connectivity index (χ1n) is 7.78. The van der Waals surface area contributed by atoms with Crippen LogP contribution < -0.4 is 0 Å². The van der Waals surface area contributed by atoms with E-state index in [9.17, 15) is 22.4 Å². The lowest BCUT2D eigenvalue weighted by Crippen LogP contribution is -2.33. The lowest BCUT2D eigenvalue weighted by Gasteiger charge is -2.36. The Morgan fingerprint density at radius 2 is 2.12 bits per heavy atom. The Morgan fingerprint density at radius 1 is 1.38 bits per heavy atom. The Morgan fingerprint density at radius 3 is 2.79 bits per heavy atom. The first-order chi connectivity index (χ1) is 11.3. The number of fused-ring (bicyclic) bond motifs is 5. The summed E-state index contributed by atoms with van der Waals surface area (Å²) in [5.74, 6) is -1.55. The Labute approximate surface area is 134 Å². The number of rotatable bonds is 1. The van der Waals surface area contributed by atoms with Gasteiger partial charge in [0.1, 0.15) is 16.9 Å². The van der Waals surface area contributed by atoms with Crippen molar-refractivity contribution >= 4 is 22.3 Å². The van der Waals surface area contributed by atoms with E-state index in [0.717, 1.165) is 6.07 Å². The molecule has 24 heavy (non-hydrogen) atoms. The molecule has 2 aliphatic rings. The van der Waals surface area contributed by atoms with Crippen molar-refractivity contribution in [2.24, 2.45) is 5.41 Å². The third-order valence-corrected chi connectivity index (χ3v) is 5.43. The molecule has 1 N–H and O–H groups in total. The number of aromatic amines is 1. The van der Waals surface area contributed by atoms with Gasteiger partial charge < -0.3 is 0 Å². The summed E-state index contributed by atoms with van der Waals surface area (Å²) >= 11 is 0. The van der Waals surface area contributed by atoms with E-state index in [1.165, 1.54) is 6.20 Å². The fourth-order valence-electron chi connectivity index (χ4n) is 4.26. The smallest absolute Gasteiger partial charge is 0.294 e. The van der Waals surface area contributed by atoms with E-state index < -0.39 is 28.8 Å². The maximum absolute atomic E-state index is 14.3. The van der Waals surface area contributed by atoms with Crippen LogP contribution >= 0.6 is 0 Å². The molecule has 3 nitrogen and oxygen atoms in total. The molecule has 0 saturated carbocycles. The number of aromatic nitrogens is 2. The first kappa shape index (κ1) is 15.4. The van der Waals surface area contributed by atoms with Gasteiger partial charge in [-0.05, 0) is 42.0 Å². The minimum atomic E-state index is -4.74. The number of hydrogen-bond acceptors (Lipinski definition) is 2. The molecule has 0 fully saturated rings. The van der Waals surface area contributed by atoms with Crippen molar-refractivity contribution < 1.29 is 22.4 Å². The molecule has 0 saturated heterocycles. The summed E-state index contributed by atoms with van der Waals surface area (Å²) in [7, 11) is 0. The van der Waals surface area contributed by atoms with Gasteiger partial charge in [0, 0.05) is 17.2 Å². The number of nitrogens with zero attached hydrogens (tertiary/aromatic N) is 1. The van der Waals surface area contributed by atoms with Crippen molar-refractivity contribution in [2.45, 2.75) is 38.8 Å². The Balaban J connectivity index is 2.13. The first-order valence-corrected chi connectivity index (χ1v) is 7.78. The maximum atomic E-state index is 14.3. The van der Waals surface area contributed by atoms with Crippen molar-refractivity contribution in [2.75, 3.05) is 0 Å². The second-order valence-corrected chi connectivity index (χ2v) is 6.52. The minimum absolute atomic E-state index is 0.0225. The number of allylic oxidation sites excluding steroid dienone is 2. The highest BCUT2D eigenvalue weighted by molar-refractivity contribution is 6.09. The number of Topliss-reactive ketones (excluding diaryl/α,β-unsaturated/α-hetero) is 1. The number of nitrogens with one attached hydrogen (secondary N) is 1. The molecular weight excluding hydrogens is 324 g/mol. The van der Waals surface area contributed by atoms with Crippen LogP contribution in [0.25, 0.3) is 16.5 Å². The van der Waals surface area contributed by atoms with Crippen LogP contribution in [0.5, 0.6) is 0 Å². The summed E-state index contributed by atoms with van der Waals surface area (Å²) in [6, 6.07) is 1.12. The van der Waals surface area contributed by atoms with Crippen LogP contribution in [0.3, 0.4) is 0 Å². The highest BCUT2D eigenvalue weighted by Crippen LogP contribution is 2.59. The van der Waals surface area contributed by atoms with E-state index in [0.29, 0.717) is 30.2 Å². The topological polar surface area (TPSA) is 45.8 Å². The van der Waals surface area contributed by atoms with Crippen LogP contribution in [0, 0.1) is 11.2 Å². The number of H-pyrrole nitrogens is 1. The lowest BCUT2D eigenvalue weighted by molar-refractivity contribution is -0.130. The van der Waals surface area contributed by atoms with Gasteiger partial charge in [-0.2, -0.15) is 18.3 Å². The molecular formula is C17H14F4N2O. The molecule has 0 bridgehead atoms. The number of ketones is 1. The third kappa shape index (κ3) is 1.84. The van der Waals surface area contributed by atoms with E-state index in [4.69, 9.17) is 0 Å². The molecule has 7 heteroatoms. The fourth-order valence-corrected chi connectivity index (χ4v) is 4.26. The van der Waals surface area contributed by atoms with E-state index in [2.05, 4.69) is 10.2 Å². The van der Waals surface area contributed by atoms with Crippen LogP contribution in [0.4, 0.5) is 17.6 Å². The molecule has 1 unspecified atom stereocenters. The fraction of sp³-hybridized carbons (Fsp3) is 0.412. The molecule has 2 aliphatic carbocycles. The zero-order chi connectivity index (χ0) is 17.3. The van der Waals surface area contributed by atoms with Gasteiger partial charge >= 0.3 is 6.18 Å². The van der Waals surface area contributed by atoms with Crippen LogP contribution in [-0.2, 0) is 11.2 Å². The maximum Gasteiger partial charge on any atom is 0.420 e. The summed E-state index contributed by atoms with van der Waals surface area (Å²) in [6.45, 7) is 1.82. The quantitative estimate of drug-likeness (QED) is 0.787. The Bertz CT molecular complexity index is 909. The summed E-state index contributed by atoms with van der Waals surface area (Å²) in [4.78, 5) is 12.1. The number of hydrogen-bond donors (Lipinski definition) is 1. The molecule has 126 valence electrons. The summed E-state index contributed by atoms with van der Waals surface area (Å²) in [5, 5.41) is 6.86. The largest absolute Gasteiger partial charge is 0.420 e. The molecule has 1 atom stereocenters. The van der Waals surface area contributed by atoms with E-state index in [1.807, 2.05) is 6.92 Å². The van der Waals surface area contributed by atoms with Crippen LogP contribution in [0.15, 0.2) is 17.8 Å². The normalized spacial score (nSPS) is 23.8. The van der Waals surface area contributed by atoms with Gasteiger partial charge in [0.2, 0.25) is 0 Å². The Kier molecular flexibility index (Phi) is 2.99. The molecule has 2 aromatic rings. The van der Waals surface area contributed by atoms with Gasteiger partial charge in [-0.3, -0.25) is 9.89 Å². The van der Waals surface area contributed by atoms with E-state index in [1.54, 1.807) is 0 Å². The average molecular weight is 338 g/mol. The molecule has 1 aromatic carbocycles. The Hall–Kier alpha value is -2.18. The molecule has 0 spiro atoms. The molecule has 0 aliphatic heterocycles. The average Bonchev–Trinajstić information content (AvgIpc) is 3.10. The lowest BCUT2D eigenvalue weighted by atomic mass is 9.68. The van der Waals surface area contributed by atoms with Gasteiger partial charge in [0.05, 0.1) is 6.20 Å². The molecule has 4 rings (SSSR count). The standard InChI is InChI=1S/C17H14F4N2O/c1-2-16-4-3-12(24)14(17(19,20)21)13(16)8-5-11(18)15-10(7-22-23-15)9(8)6-16/h5,7H,2-4,6H2,1H3,(H,22,23). The number of carbonyl (C=O) groups excluding carboxylic acids is 1. The highest BCUT2D eigenvalue weighted by atomic mass is 19.4. The number of halogens is 4. The zero-order valence-electron chi connectivity index (χ0n) is 12.9. The van der Waals surface area contributed by atoms with E-state index in [-0.39, 0.29) is 23.1 Å². The van der Waals surface area contributed by atoms with Gasteiger partial charge in [-0.15, -0.1) is 0 Å². The molecule has 0 radical (unpaired) electrons. The van der Waals surface area contributed by atoms with E-state index >= 15 is 0 Å². The minimum Gasteiger partial charge on any atom is -0.294 e. The van der Waals surface area contributed by atoms with Crippen molar-refractivity contribution in [3.8, 4) is 0 Å². The van der Waals surface area contributed by atoms with Crippen LogP contribution in [-0.4, -0.2) is 22.2 Å².